The zero-order valence-corrected chi connectivity index (χ0v) is 20.9. The molecule has 2 aliphatic heterocycles. The fourth-order valence-electron chi connectivity index (χ4n) is 3.50. The average Bonchev–Trinajstić information content (AvgIpc) is 2.64. The third-order valence-corrected chi connectivity index (χ3v) is 5.12. The minimum Gasteiger partial charge on any atom is -0.444 e. The highest BCUT2D eigenvalue weighted by Gasteiger charge is 2.27. The van der Waals surface area contributed by atoms with Gasteiger partial charge < -0.3 is 24.8 Å². The predicted octanol–water partition coefficient (Wildman–Crippen LogP) is 2.38. The molecule has 0 atom stereocenters. The number of halogens is 1. The number of likely N-dealkylation sites (tertiary alicyclic amines) is 1. The van der Waals surface area contributed by atoms with E-state index in [0.717, 1.165) is 71.2 Å². The lowest BCUT2D eigenvalue weighted by Crippen LogP contribution is -2.53. The van der Waals surface area contributed by atoms with Crippen molar-refractivity contribution < 1.29 is 14.3 Å². The summed E-state index contributed by atoms with van der Waals surface area (Å²) in [5.74, 6) is 1.55. The van der Waals surface area contributed by atoms with E-state index in [1.54, 1.807) is 11.8 Å². The fourth-order valence-corrected chi connectivity index (χ4v) is 3.50. The first-order valence-corrected chi connectivity index (χ1v) is 10.5. The Morgan fingerprint density at radius 3 is 2.03 bits per heavy atom. The minimum absolute atomic E-state index is 0. The van der Waals surface area contributed by atoms with Crippen LogP contribution in [0, 0.1) is 5.92 Å². The van der Waals surface area contributed by atoms with E-state index in [0.29, 0.717) is 5.92 Å². The van der Waals surface area contributed by atoms with Crippen LogP contribution in [-0.4, -0.2) is 90.6 Å². The second kappa shape index (κ2) is 11.8. The highest BCUT2D eigenvalue weighted by atomic mass is 127. The predicted molar refractivity (Wildman–Crippen MR) is 126 cm³/mol. The van der Waals surface area contributed by atoms with Crippen molar-refractivity contribution in [2.45, 2.75) is 53.1 Å². The number of hydrogen-bond donors (Lipinski definition) is 1. The number of guanidine groups is 1. The number of nitrogens with one attached hydrogen (secondary N) is 1. The molecule has 2 rings (SSSR count). The lowest BCUT2D eigenvalue weighted by molar-refractivity contribution is -0.130. The summed E-state index contributed by atoms with van der Waals surface area (Å²) in [5.41, 5.74) is -0.453. The molecule has 0 radical (unpaired) electrons. The van der Waals surface area contributed by atoms with Crippen molar-refractivity contribution in [3.63, 3.8) is 0 Å². The largest absolute Gasteiger partial charge is 0.444 e. The van der Waals surface area contributed by atoms with Gasteiger partial charge in [-0.2, -0.15) is 0 Å². The fraction of sp³-hybridized carbons (Fsp3) is 0.850. The molecule has 0 bridgehead atoms. The summed E-state index contributed by atoms with van der Waals surface area (Å²) in [5, 5.41) is 3.38. The van der Waals surface area contributed by atoms with Crippen LogP contribution in [-0.2, 0) is 9.53 Å². The molecule has 0 spiro atoms. The van der Waals surface area contributed by atoms with Crippen LogP contribution in [0.2, 0.25) is 0 Å². The number of nitrogens with zero attached hydrogens (tertiary/aromatic N) is 4. The summed E-state index contributed by atoms with van der Waals surface area (Å²) in [6.07, 6.45) is 1.67. The number of ether oxygens (including phenoxy) is 1. The molecule has 0 aromatic heterocycles. The van der Waals surface area contributed by atoms with E-state index in [-0.39, 0.29) is 36.0 Å². The molecule has 29 heavy (non-hydrogen) atoms. The zero-order chi connectivity index (χ0) is 20.7. The summed E-state index contributed by atoms with van der Waals surface area (Å²) in [4.78, 5) is 34.5. The number of amides is 2. The maximum absolute atomic E-state index is 12.2. The minimum atomic E-state index is -0.453. The molecule has 2 fully saturated rings. The molecule has 168 valence electrons. The average molecular weight is 523 g/mol. The SMILES string of the molecule is CCNC(=NCC1CCN(C(=O)OC(C)(C)C)CC1)N1CCN(C(C)=O)CC1.I. The van der Waals surface area contributed by atoms with Crippen molar-refractivity contribution in [2.75, 3.05) is 52.4 Å². The van der Waals surface area contributed by atoms with Gasteiger partial charge in [-0.1, -0.05) is 0 Å². The molecule has 8 nitrogen and oxygen atoms in total. The summed E-state index contributed by atoms with van der Waals surface area (Å²) >= 11 is 0. The van der Waals surface area contributed by atoms with Gasteiger partial charge in [-0.05, 0) is 46.5 Å². The Morgan fingerprint density at radius 2 is 1.55 bits per heavy atom. The van der Waals surface area contributed by atoms with Crippen LogP contribution in [0.3, 0.4) is 0 Å². The first kappa shape index (κ1) is 25.8. The molecular weight excluding hydrogens is 485 g/mol. The molecule has 0 aliphatic carbocycles. The van der Waals surface area contributed by atoms with E-state index >= 15 is 0 Å². The number of piperazine rings is 1. The molecule has 9 heteroatoms. The number of piperidine rings is 1. The maximum atomic E-state index is 12.2. The number of aliphatic imine (C=N–C) groups is 1. The van der Waals surface area contributed by atoms with E-state index in [1.807, 2.05) is 25.7 Å². The molecule has 2 amide bonds. The Kier molecular flexibility index (Phi) is 10.5. The topological polar surface area (TPSA) is 77.5 Å². The van der Waals surface area contributed by atoms with Crippen molar-refractivity contribution in [3.8, 4) is 0 Å². The zero-order valence-electron chi connectivity index (χ0n) is 18.6. The van der Waals surface area contributed by atoms with Gasteiger partial charge in [-0.3, -0.25) is 9.79 Å². The number of carbonyl (C=O) groups is 2. The first-order valence-electron chi connectivity index (χ1n) is 10.5. The summed E-state index contributed by atoms with van der Waals surface area (Å²) < 4.78 is 5.46. The summed E-state index contributed by atoms with van der Waals surface area (Å²) in [7, 11) is 0. The van der Waals surface area contributed by atoms with Crippen LogP contribution < -0.4 is 5.32 Å². The van der Waals surface area contributed by atoms with Gasteiger partial charge in [0.25, 0.3) is 0 Å². The molecule has 2 saturated heterocycles. The van der Waals surface area contributed by atoms with Crippen LogP contribution >= 0.6 is 24.0 Å². The molecule has 1 N–H and O–H groups in total. The Labute approximate surface area is 192 Å². The standard InChI is InChI=1S/C20H37N5O3.HI/c1-6-21-18(24-13-11-23(12-14-24)16(2)26)22-15-17-7-9-25(10-8-17)19(27)28-20(3,4)5;/h17H,6-15H2,1-5H3,(H,21,22);1H. The molecule has 2 heterocycles. The lowest BCUT2D eigenvalue weighted by Gasteiger charge is -2.36. The Balaban J connectivity index is 0.00000420. The van der Waals surface area contributed by atoms with E-state index in [1.165, 1.54) is 0 Å². The van der Waals surface area contributed by atoms with Crippen molar-refractivity contribution >= 4 is 41.9 Å². The van der Waals surface area contributed by atoms with Crippen LogP contribution in [0.4, 0.5) is 4.79 Å². The van der Waals surface area contributed by atoms with Crippen molar-refractivity contribution in [1.29, 1.82) is 0 Å². The van der Waals surface area contributed by atoms with Gasteiger partial charge in [0.05, 0.1) is 0 Å². The monoisotopic (exact) mass is 523 g/mol. The van der Waals surface area contributed by atoms with E-state index in [4.69, 9.17) is 9.73 Å². The van der Waals surface area contributed by atoms with Gasteiger partial charge in [-0.25, -0.2) is 4.79 Å². The third-order valence-electron chi connectivity index (χ3n) is 5.12. The molecule has 0 unspecified atom stereocenters. The lowest BCUT2D eigenvalue weighted by atomic mass is 9.97. The van der Waals surface area contributed by atoms with E-state index in [2.05, 4.69) is 17.1 Å². The van der Waals surface area contributed by atoms with Gasteiger partial charge in [0.15, 0.2) is 5.96 Å². The Hall–Kier alpha value is -1.26. The first-order chi connectivity index (χ1) is 13.2. The summed E-state index contributed by atoms with van der Waals surface area (Å²) in [6.45, 7) is 15.5. The summed E-state index contributed by atoms with van der Waals surface area (Å²) in [6, 6.07) is 0. The highest BCUT2D eigenvalue weighted by Crippen LogP contribution is 2.20. The Morgan fingerprint density at radius 1 is 1.00 bits per heavy atom. The van der Waals surface area contributed by atoms with Gasteiger partial charge in [0, 0.05) is 59.3 Å². The number of carbonyl (C=O) groups excluding carboxylic acids is 2. The van der Waals surface area contributed by atoms with Gasteiger partial charge >= 0.3 is 6.09 Å². The van der Waals surface area contributed by atoms with Crippen molar-refractivity contribution in [1.82, 2.24) is 20.0 Å². The van der Waals surface area contributed by atoms with Crippen molar-refractivity contribution in [3.05, 3.63) is 0 Å². The van der Waals surface area contributed by atoms with Gasteiger partial charge in [-0.15, -0.1) is 24.0 Å². The van der Waals surface area contributed by atoms with Crippen LogP contribution in [0.1, 0.15) is 47.5 Å². The second-order valence-electron chi connectivity index (χ2n) is 8.60. The van der Waals surface area contributed by atoms with Crippen LogP contribution in [0.25, 0.3) is 0 Å². The van der Waals surface area contributed by atoms with Crippen LogP contribution in [0.15, 0.2) is 4.99 Å². The van der Waals surface area contributed by atoms with E-state index < -0.39 is 5.60 Å². The molecular formula is C20H38IN5O3. The smallest absolute Gasteiger partial charge is 0.410 e. The number of rotatable bonds is 3. The normalized spacial score (nSPS) is 18.9. The number of hydrogen-bond acceptors (Lipinski definition) is 4. The van der Waals surface area contributed by atoms with Crippen molar-refractivity contribution in [2.24, 2.45) is 10.9 Å². The van der Waals surface area contributed by atoms with Crippen LogP contribution in [0.5, 0.6) is 0 Å². The third kappa shape index (κ3) is 8.55. The highest BCUT2D eigenvalue weighted by molar-refractivity contribution is 14.0. The van der Waals surface area contributed by atoms with E-state index in [9.17, 15) is 9.59 Å². The molecule has 0 aromatic carbocycles. The maximum Gasteiger partial charge on any atom is 0.410 e. The molecule has 2 aliphatic rings. The molecule has 0 saturated carbocycles. The molecule has 0 aromatic rings. The van der Waals surface area contributed by atoms with Gasteiger partial charge in [0.1, 0.15) is 5.60 Å². The van der Waals surface area contributed by atoms with Gasteiger partial charge in [0.2, 0.25) is 5.91 Å². The quantitative estimate of drug-likeness (QED) is 0.349. The Bertz CT molecular complexity index is 563. The second-order valence-corrected chi connectivity index (χ2v) is 8.60.